The lowest BCUT2D eigenvalue weighted by atomic mass is 10.1. The van der Waals surface area contributed by atoms with Crippen LogP contribution in [-0.2, 0) is 0 Å². The fraction of sp³-hybridized carbons (Fsp3) is 0.333. The minimum Gasteiger partial charge on any atom is -0.314 e. The van der Waals surface area contributed by atoms with Crippen LogP contribution in [0, 0.1) is 0 Å². The van der Waals surface area contributed by atoms with E-state index < -0.39 is 0 Å². The minimum absolute atomic E-state index is 0.276. The van der Waals surface area contributed by atoms with Crippen LogP contribution in [0.1, 0.15) is 11.7 Å². The average Bonchev–Trinajstić information content (AvgIpc) is 2.90. The van der Waals surface area contributed by atoms with Gasteiger partial charge in [0.15, 0.2) is 0 Å². The molecule has 88 valence electrons. The van der Waals surface area contributed by atoms with E-state index in [1.807, 2.05) is 18.2 Å². The van der Waals surface area contributed by atoms with Crippen LogP contribution >= 0.6 is 11.5 Å². The molecule has 2 aromatic rings. The van der Waals surface area contributed by atoms with E-state index in [1.165, 1.54) is 22.0 Å². The smallest absolute Gasteiger partial charge is 0.102 e. The highest BCUT2D eigenvalue weighted by atomic mass is 32.1. The Morgan fingerprint density at radius 3 is 2.82 bits per heavy atom. The summed E-state index contributed by atoms with van der Waals surface area (Å²) < 4.78 is 4.10. The second-order valence-electron chi connectivity index (χ2n) is 4.06. The third-order valence-corrected chi connectivity index (χ3v) is 3.71. The Bertz CT molecular complexity index is 476. The summed E-state index contributed by atoms with van der Waals surface area (Å²) in [4.78, 5) is 1.17. The molecule has 1 unspecified atom stereocenters. The molecule has 0 bridgehead atoms. The summed E-state index contributed by atoms with van der Waals surface area (Å²) in [6, 6.07) is 10.6. The van der Waals surface area contributed by atoms with Gasteiger partial charge >= 0.3 is 0 Å². The van der Waals surface area contributed by atoms with Gasteiger partial charge in [-0.25, -0.2) is 0 Å². The quantitative estimate of drug-likeness (QED) is 0.842. The second-order valence-corrected chi connectivity index (χ2v) is 4.82. The van der Waals surface area contributed by atoms with Crippen LogP contribution in [0.4, 0.5) is 0 Å². The van der Waals surface area contributed by atoms with Crippen LogP contribution < -0.4 is 10.6 Å². The molecule has 1 aromatic heterocycles. The summed E-state index contributed by atoms with van der Waals surface area (Å²) >= 11 is 1.47. The van der Waals surface area contributed by atoms with Gasteiger partial charge in [-0.1, -0.05) is 34.8 Å². The van der Waals surface area contributed by atoms with E-state index >= 15 is 0 Å². The molecule has 0 spiro atoms. The zero-order valence-electron chi connectivity index (χ0n) is 9.39. The predicted molar refractivity (Wildman–Crippen MR) is 69.0 cm³/mol. The maximum atomic E-state index is 4.28. The molecule has 1 aliphatic rings. The van der Waals surface area contributed by atoms with Crippen molar-refractivity contribution in [2.45, 2.75) is 6.04 Å². The summed E-state index contributed by atoms with van der Waals surface area (Å²) in [6.07, 6.45) is 0. The van der Waals surface area contributed by atoms with Crippen molar-refractivity contribution in [3.05, 3.63) is 36.0 Å². The van der Waals surface area contributed by atoms with Gasteiger partial charge in [0.25, 0.3) is 0 Å². The molecular formula is C12H14N4S. The number of benzene rings is 1. The molecule has 1 aromatic carbocycles. The molecule has 4 nitrogen and oxygen atoms in total. The number of rotatable bonds is 2. The number of nitrogens with zero attached hydrogens (tertiary/aromatic N) is 2. The van der Waals surface area contributed by atoms with Crippen molar-refractivity contribution in [1.82, 2.24) is 20.2 Å². The predicted octanol–water partition coefficient (Wildman–Crippen LogP) is 1.44. The summed E-state index contributed by atoms with van der Waals surface area (Å²) in [5, 5.41) is 11.1. The zero-order chi connectivity index (χ0) is 11.5. The van der Waals surface area contributed by atoms with E-state index in [0.29, 0.717) is 0 Å². The fourth-order valence-corrected chi connectivity index (χ4v) is 2.79. The van der Waals surface area contributed by atoms with Crippen LogP contribution in [0.15, 0.2) is 30.3 Å². The molecule has 2 N–H and O–H groups in total. The largest absolute Gasteiger partial charge is 0.314 e. The van der Waals surface area contributed by atoms with Crippen molar-refractivity contribution in [2.24, 2.45) is 0 Å². The highest BCUT2D eigenvalue weighted by Gasteiger charge is 2.21. The van der Waals surface area contributed by atoms with Crippen LogP contribution in [0.25, 0.3) is 10.4 Å². The SMILES string of the molecule is c1ccc(-c2snnc2C2CNCCN2)cc1. The summed E-state index contributed by atoms with van der Waals surface area (Å²) in [5.41, 5.74) is 2.26. The molecule has 3 rings (SSSR count). The molecule has 1 atom stereocenters. The van der Waals surface area contributed by atoms with Crippen molar-refractivity contribution in [1.29, 1.82) is 0 Å². The molecule has 5 heteroatoms. The van der Waals surface area contributed by atoms with Gasteiger partial charge in [-0.2, -0.15) is 0 Å². The molecule has 0 amide bonds. The monoisotopic (exact) mass is 246 g/mol. The number of nitrogens with one attached hydrogen (secondary N) is 2. The molecule has 1 aliphatic heterocycles. The maximum Gasteiger partial charge on any atom is 0.102 e. The molecular weight excluding hydrogens is 232 g/mol. The highest BCUT2D eigenvalue weighted by Crippen LogP contribution is 2.29. The van der Waals surface area contributed by atoms with Gasteiger partial charge < -0.3 is 10.6 Å². The van der Waals surface area contributed by atoms with Crippen molar-refractivity contribution in [3.63, 3.8) is 0 Å². The number of piperazine rings is 1. The Morgan fingerprint density at radius 2 is 2.06 bits per heavy atom. The fourth-order valence-electron chi connectivity index (χ4n) is 2.06. The Labute approximate surface area is 104 Å². The van der Waals surface area contributed by atoms with Crippen LogP contribution in [0.2, 0.25) is 0 Å². The first-order chi connectivity index (χ1) is 8.45. The lowest BCUT2D eigenvalue weighted by molar-refractivity contribution is 0.423. The van der Waals surface area contributed by atoms with Crippen LogP contribution in [-0.4, -0.2) is 29.2 Å². The topological polar surface area (TPSA) is 49.8 Å². The number of hydrogen-bond acceptors (Lipinski definition) is 5. The van der Waals surface area contributed by atoms with Gasteiger partial charge in [0.1, 0.15) is 5.69 Å². The van der Waals surface area contributed by atoms with Crippen LogP contribution in [0.3, 0.4) is 0 Å². The van der Waals surface area contributed by atoms with Gasteiger partial charge in [0, 0.05) is 19.6 Å². The maximum absolute atomic E-state index is 4.28. The summed E-state index contributed by atoms with van der Waals surface area (Å²) in [5.74, 6) is 0. The third-order valence-electron chi connectivity index (χ3n) is 2.92. The van der Waals surface area contributed by atoms with Gasteiger partial charge in [-0.05, 0) is 17.1 Å². The van der Waals surface area contributed by atoms with Crippen LogP contribution in [0.5, 0.6) is 0 Å². The van der Waals surface area contributed by atoms with E-state index in [4.69, 9.17) is 0 Å². The van der Waals surface area contributed by atoms with E-state index in [-0.39, 0.29) is 6.04 Å². The summed E-state index contributed by atoms with van der Waals surface area (Å²) in [7, 11) is 0. The summed E-state index contributed by atoms with van der Waals surface area (Å²) in [6.45, 7) is 2.93. The molecule has 0 saturated carbocycles. The lowest BCUT2D eigenvalue weighted by Crippen LogP contribution is -2.42. The molecule has 0 aliphatic carbocycles. The van der Waals surface area contributed by atoms with Gasteiger partial charge in [0.2, 0.25) is 0 Å². The van der Waals surface area contributed by atoms with E-state index in [2.05, 4.69) is 32.4 Å². The molecule has 2 heterocycles. The van der Waals surface area contributed by atoms with Gasteiger partial charge in [-0.3, -0.25) is 0 Å². The standard InChI is InChI=1S/C12H14N4S/c1-2-4-9(5-3-1)12-11(15-16-17-12)10-8-13-6-7-14-10/h1-5,10,13-14H,6-8H2. The van der Waals surface area contributed by atoms with E-state index in [9.17, 15) is 0 Å². The molecule has 17 heavy (non-hydrogen) atoms. The first-order valence-electron chi connectivity index (χ1n) is 5.77. The van der Waals surface area contributed by atoms with E-state index in [1.54, 1.807) is 0 Å². The molecule has 0 radical (unpaired) electrons. The van der Waals surface area contributed by atoms with Crippen molar-refractivity contribution in [3.8, 4) is 10.4 Å². The Morgan fingerprint density at radius 1 is 1.18 bits per heavy atom. The first-order valence-corrected chi connectivity index (χ1v) is 6.54. The Balaban J connectivity index is 1.93. The van der Waals surface area contributed by atoms with Crippen molar-refractivity contribution in [2.75, 3.05) is 19.6 Å². The van der Waals surface area contributed by atoms with Crippen molar-refractivity contribution >= 4 is 11.5 Å². The zero-order valence-corrected chi connectivity index (χ0v) is 10.2. The highest BCUT2D eigenvalue weighted by molar-refractivity contribution is 7.09. The first kappa shape index (κ1) is 10.8. The van der Waals surface area contributed by atoms with Gasteiger partial charge in [0.05, 0.1) is 10.9 Å². The minimum atomic E-state index is 0.276. The Kier molecular flexibility index (Phi) is 3.13. The number of hydrogen-bond donors (Lipinski definition) is 2. The van der Waals surface area contributed by atoms with Gasteiger partial charge in [-0.15, -0.1) is 5.10 Å². The Hall–Kier alpha value is -1.30. The number of aromatic nitrogens is 2. The van der Waals surface area contributed by atoms with E-state index in [0.717, 1.165) is 25.3 Å². The third kappa shape index (κ3) is 2.22. The second kappa shape index (κ2) is 4.91. The average molecular weight is 246 g/mol. The molecule has 1 fully saturated rings. The normalized spacial score (nSPS) is 20.4. The lowest BCUT2D eigenvalue weighted by Gasteiger charge is -2.23. The van der Waals surface area contributed by atoms with Crippen molar-refractivity contribution < 1.29 is 0 Å². The molecule has 1 saturated heterocycles.